The van der Waals surface area contributed by atoms with Crippen LogP contribution in [-0.2, 0) is 5.41 Å². The number of rotatable bonds is 3. The number of fused-ring (bicyclic) bond motifs is 3. The lowest BCUT2D eigenvalue weighted by atomic mass is 9.81. The van der Waals surface area contributed by atoms with E-state index in [4.69, 9.17) is 5.41 Å². The van der Waals surface area contributed by atoms with Gasteiger partial charge in [-0.05, 0) is 46.9 Å². The molecule has 3 aromatic carbocycles. The summed E-state index contributed by atoms with van der Waals surface area (Å²) >= 11 is 0. The highest BCUT2D eigenvalue weighted by Gasteiger charge is 2.37. The first-order chi connectivity index (χ1) is 12.8. The summed E-state index contributed by atoms with van der Waals surface area (Å²) in [5, 5.41) is 19.9. The molecule has 0 amide bonds. The second-order valence-corrected chi connectivity index (χ2v) is 7.56. The molecule has 3 aromatic rings. The third-order valence-electron chi connectivity index (χ3n) is 5.57. The fourth-order valence-electron chi connectivity index (χ4n) is 4.00. The molecule has 0 spiro atoms. The highest BCUT2D eigenvalue weighted by atomic mass is 16.6. The maximum atomic E-state index is 11.2. The maximum absolute atomic E-state index is 11.2. The monoisotopic (exact) mass is 356 g/mol. The summed E-state index contributed by atoms with van der Waals surface area (Å²) in [6.07, 6.45) is 0. The van der Waals surface area contributed by atoms with Crippen LogP contribution >= 0.6 is 0 Å². The molecule has 4 heteroatoms. The Morgan fingerprint density at radius 2 is 1.59 bits per heavy atom. The summed E-state index contributed by atoms with van der Waals surface area (Å²) in [7, 11) is 0. The Kier molecular flexibility index (Phi) is 3.74. The minimum atomic E-state index is -0.349. The van der Waals surface area contributed by atoms with E-state index in [9.17, 15) is 10.1 Å². The Labute approximate surface area is 158 Å². The molecule has 0 unspecified atom stereocenters. The van der Waals surface area contributed by atoms with Gasteiger partial charge in [0.1, 0.15) is 0 Å². The zero-order chi connectivity index (χ0) is 19.3. The number of nitro groups is 1. The third-order valence-corrected chi connectivity index (χ3v) is 5.57. The molecule has 1 N–H and O–H groups in total. The van der Waals surface area contributed by atoms with Gasteiger partial charge in [0.2, 0.25) is 0 Å². The van der Waals surface area contributed by atoms with Crippen molar-refractivity contribution in [1.29, 1.82) is 5.41 Å². The molecule has 0 heterocycles. The number of nitrogens with zero attached hydrogens (tertiary/aromatic N) is 1. The zero-order valence-electron chi connectivity index (χ0n) is 15.5. The SMILES string of the molecule is Cc1ccccc1C(=N)c1ccc2c(c1)C(C)(C)c1cc([N+](=O)[O-])ccc1-2. The van der Waals surface area contributed by atoms with Crippen LogP contribution in [0.25, 0.3) is 11.1 Å². The minimum absolute atomic E-state index is 0.113. The summed E-state index contributed by atoms with van der Waals surface area (Å²) < 4.78 is 0. The molecule has 0 saturated carbocycles. The van der Waals surface area contributed by atoms with E-state index in [0.717, 1.165) is 38.9 Å². The first-order valence-electron chi connectivity index (χ1n) is 8.89. The van der Waals surface area contributed by atoms with Gasteiger partial charge >= 0.3 is 0 Å². The van der Waals surface area contributed by atoms with Crippen molar-refractivity contribution in [3.63, 3.8) is 0 Å². The first-order valence-corrected chi connectivity index (χ1v) is 8.89. The van der Waals surface area contributed by atoms with Crippen molar-refractivity contribution < 1.29 is 4.92 Å². The van der Waals surface area contributed by atoms with E-state index in [1.807, 2.05) is 49.4 Å². The van der Waals surface area contributed by atoms with E-state index in [1.165, 1.54) is 0 Å². The molecule has 0 fully saturated rings. The number of aryl methyl sites for hydroxylation is 1. The molecule has 0 bridgehead atoms. The summed E-state index contributed by atoms with van der Waals surface area (Å²) in [6.45, 7) is 6.18. The average molecular weight is 356 g/mol. The molecule has 1 aliphatic carbocycles. The van der Waals surface area contributed by atoms with E-state index in [1.54, 1.807) is 12.1 Å². The van der Waals surface area contributed by atoms with E-state index >= 15 is 0 Å². The molecule has 4 rings (SSSR count). The predicted octanol–water partition coefficient (Wildman–Crippen LogP) is 5.63. The zero-order valence-corrected chi connectivity index (χ0v) is 15.5. The standard InChI is InChI=1S/C23H20N2O2/c1-14-6-4-5-7-17(14)22(24)15-8-10-18-19-11-9-16(25(26)27)13-21(19)23(2,3)20(18)12-15/h4-13,24H,1-3H3. The van der Waals surface area contributed by atoms with Crippen molar-refractivity contribution in [3.05, 3.63) is 98.6 Å². The van der Waals surface area contributed by atoms with Crippen LogP contribution in [0.1, 0.15) is 41.7 Å². The van der Waals surface area contributed by atoms with Crippen molar-refractivity contribution in [2.75, 3.05) is 0 Å². The van der Waals surface area contributed by atoms with Crippen LogP contribution in [0.3, 0.4) is 0 Å². The van der Waals surface area contributed by atoms with Crippen molar-refractivity contribution in [1.82, 2.24) is 0 Å². The molecule has 4 nitrogen and oxygen atoms in total. The quantitative estimate of drug-likeness (QED) is 0.376. The van der Waals surface area contributed by atoms with Crippen molar-refractivity contribution >= 4 is 11.4 Å². The molecule has 1 aliphatic rings. The fraction of sp³-hybridized carbons (Fsp3) is 0.174. The molecule has 0 aliphatic heterocycles. The smallest absolute Gasteiger partial charge is 0.269 e. The minimum Gasteiger partial charge on any atom is -0.300 e. The topological polar surface area (TPSA) is 67.0 Å². The Balaban J connectivity index is 1.84. The van der Waals surface area contributed by atoms with Gasteiger partial charge in [-0.1, -0.05) is 50.2 Å². The lowest BCUT2D eigenvalue weighted by Crippen LogP contribution is -2.16. The van der Waals surface area contributed by atoms with E-state index < -0.39 is 0 Å². The lowest BCUT2D eigenvalue weighted by Gasteiger charge is -2.22. The lowest BCUT2D eigenvalue weighted by molar-refractivity contribution is -0.384. The van der Waals surface area contributed by atoms with Gasteiger partial charge in [-0.15, -0.1) is 0 Å². The van der Waals surface area contributed by atoms with Crippen LogP contribution in [0.2, 0.25) is 0 Å². The Hall–Kier alpha value is -3.27. The Morgan fingerprint density at radius 1 is 0.963 bits per heavy atom. The molecule has 0 radical (unpaired) electrons. The number of nitro benzene ring substituents is 1. The van der Waals surface area contributed by atoms with E-state index in [-0.39, 0.29) is 16.0 Å². The largest absolute Gasteiger partial charge is 0.300 e. The fourth-order valence-corrected chi connectivity index (χ4v) is 4.00. The summed E-state index contributed by atoms with van der Waals surface area (Å²) in [4.78, 5) is 10.8. The van der Waals surface area contributed by atoms with Crippen LogP contribution in [0.5, 0.6) is 0 Å². The average Bonchev–Trinajstić information content (AvgIpc) is 2.88. The van der Waals surface area contributed by atoms with Crippen molar-refractivity contribution in [3.8, 4) is 11.1 Å². The summed E-state index contributed by atoms with van der Waals surface area (Å²) in [5.74, 6) is 0. The molecule has 0 saturated heterocycles. The van der Waals surface area contributed by atoms with Gasteiger partial charge in [0.25, 0.3) is 5.69 Å². The van der Waals surface area contributed by atoms with Gasteiger partial charge in [0, 0.05) is 28.7 Å². The highest BCUT2D eigenvalue weighted by molar-refractivity contribution is 6.12. The van der Waals surface area contributed by atoms with Gasteiger partial charge in [0.15, 0.2) is 0 Å². The number of non-ortho nitro benzene ring substituents is 1. The molecule has 0 aromatic heterocycles. The van der Waals surface area contributed by atoms with Crippen LogP contribution in [0, 0.1) is 22.4 Å². The predicted molar refractivity (Wildman–Crippen MR) is 108 cm³/mol. The van der Waals surface area contributed by atoms with Crippen molar-refractivity contribution in [2.45, 2.75) is 26.2 Å². The van der Waals surface area contributed by atoms with Crippen LogP contribution in [0.15, 0.2) is 60.7 Å². The molecular weight excluding hydrogens is 336 g/mol. The highest BCUT2D eigenvalue weighted by Crippen LogP contribution is 2.49. The van der Waals surface area contributed by atoms with Crippen LogP contribution in [0.4, 0.5) is 5.69 Å². The summed E-state index contributed by atoms with van der Waals surface area (Å²) in [5.41, 5.74) is 7.30. The number of benzene rings is 3. The van der Waals surface area contributed by atoms with Gasteiger partial charge in [-0.3, -0.25) is 15.5 Å². The van der Waals surface area contributed by atoms with E-state index in [2.05, 4.69) is 19.9 Å². The van der Waals surface area contributed by atoms with Gasteiger partial charge in [-0.25, -0.2) is 0 Å². The second-order valence-electron chi connectivity index (χ2n) is 7.56. The second kappa shape index (κ2) is 5.88. The Bertz CT molecular complexity index is 1110. The first kappa shape index (κ1) is 17.2. The van der Waals surface area contributed by atoms with Gasteiger partial charge in [-0.2, -0.15) is 0 Å². The van der Waals surface area contributed by atoms with E-state index in [0.29, 0.717) is 5.71 Å². The molecular formula is C23H20N2O2. The van der Waals surface area contributed by atoms with Crippen molar-refractivity contribution in [2.24, 2.45) is 0 Å². The molecule has 27 heavy (non-hydrogen) atoms. The number of hydrogen-bond donors (Lipinski definition) is 1. The molecule has 134 valence electrons. The number of hydrogen-bond acceptors (Lipinski definition) is 3. The maximum Gasteiger partial charge on any atom is 0.269 e. The summed E-state index contributed by atoms with van der Waals surface area (Å²) in [6, 6.07) is 19.1. The van der Waals surface area contributed by atoms with Gasteiger partial charge in [0.05, 0.1) is 10.6 Å². The number of nitrogens with one attached hydrogen (secondary N) is 1. The third kappa shape index (κ3) is 2.56. The van der Waals surface area contributed by atoms with Crippen LogP contribution < -0.4 is 0 Å². The normalized spacial score (nSPS) is 13.7. The molecule has 0 atom stereocenters. The van der Waals surface area contributed by atoms with Gasteiger partial charge < -0.3 is 0 Å². The Morgan fingerprint density at radius 3 is 2.26 bits per heavy atom. The van der Waals surface area contributed by atoms with Crippen LogP contribution in [-0.4, -0.2) is 10.6 Å².